The van der Waals surface area contributed by atoms with Gasteiger partial charge in [-0.3, -0.25) is 20.0 Å². The Balaban J connectivity index is 2.02. The molecule has 180 valence electrons. The van der Waals surface area contributed by atoms with Crippen molar-refractivity contribution in [2.75, 3.05) is 26.2 Å². The number of aryl methyl sites for hydroxylation is 2. The maximum Gasteiger partial charge on any atom is 0.133 e. The number of hydrogen-bond donors (Lipinski definition) is 2. The third-order valence-corrected chi connectivity index (χ3v) is 6.13. The molecule has 34 heavy (non-hydrogen) atoms. The molecule has 0 aromatic heterocycles. The van der Waals surface area contributed by atoms with Crippen LogP contribution in [0.4, 0.5) is 0 Å². The number of fused-ring (bicyclic) bond motifs is 4. The van der Waals surface area contributed by atoms with E-state index < -0.39 is 0 Å². The molecule has 1 heterocycles. The molecule has 0 saturated carbocycles. The third-order valence-electron chi connectivity index (χ3n) is 6.13. The summed E-state index contributed by atoms with van der Waals surface area (Å²) in [5, 5.41) is 21.9. The van der Waals surface area contributed by atoms with Crippen LogP contribution < -0.4 is 0 Å². The van der Waals surface area contributed by atoms with Crippen molar-refractivity contribution in [3.63, 3.8) is 0 Å². The molecule has 0 saturated heterocycles. The first-order valence-corrected chi connectivity index (χ1v) is 11.9. The molecule has 0 aliphatic carbocycles. The van der Waals surface area contributed by atoms with Crippen LogP contribution >= 0.6 is 0 Å². The van der Waals surface area contributed by atoms with Crippen molar-refractivity contribution in [1.82, 2.24) is 0 Å². The standard InChI is InChI=1S/C28H36N4O2/c1-17-13-23-19(3)29-9-7-8-10-30-20(4)24-14-18(2)16-26(28(24)34)22(6)32-12-11-31-21(5)25(15-17)27(23)33/h13-16,33-34H,7-12H2,1-6H3. The number of nitrogens with zero attached hydrogens (tertiary/aromatic N) is 4. The molecule has 0 amide bonds. The van der Waals surface area contributed by atoms with Crippen LogP contribution in [0, 0.1) is 13.8 Å². The molecule has 0 fully saturated rings. The number of aromatic hydroxyl groups is 2. The lowest BCUT2D eigenvalue weighted by molar-refractivity contribution is 0.472. The highest BCUT2D eigenvalue weighted by Crippen LogP contribution is 2.28. The van der Waals surface area contributed by atoms with Crippen LogP contribution in [0.5, 0.6) is 11.5 Å². The zero-order valence-corrected chi connectivity index (χ0v) is 21.2. The highest BCUT2D eigenvalue weighted by molar-refractivity contribution is 6.09. The van der Waals surface area contributed by atoms with Crippen molar-refractivity contribution >= 4 is 22.8 Å². The van der Waals surface area contributed by atoms with Crippen molar-refractivity contribution in [3.8, 4) is 11.5 Å². The Bertz CT molecular complexity index is 1100. The first kappa shape index (κ1) is 25.3. The van der Waals surface area contributed by atoms with Gasteiger partial charge in [-0.15, -0.1) is 0 Å². The summed E-state index contributed by atoms with van der Waals surface area (Å²) >= 11 is 0. The molecule has 2 aromatic rings. The number of phenolic OH excluding ortho intramolecular Hbond substituents is 2. The van der Waals surface area contributed by atoms with Gasteiger partial charge in [0.05, 0.1) is 13.1 Å². The Kier molecular flexibility index (Phi) is 8.37. The zero-order valence-electron chi connectivity index (χ0n) is 21.2. The van der Waals surface area contributed by atoms with E-state index in [1.807, 2.05) is 65.8 Å². The van der Waals surface area contributed by atoms with Crippen molar-refractivity contribution in [1.29, 1.82) is 0 Å². The third kappa shape index (κ3) is 5.99. The van der Waals surface area contributed by atoms with Crippen LogP contribution in [0.2, 0.25) is 0 Å². The Morgan fingerprint density at radius 1 is 0.471 bits per heavy atom. The van der Waals surface area contributed by atoms with Gasteiger partial charge in [-0.05, 0) is 89.8 Å². The second kappa shape index (κ2) is 11.2. The minimum atomic E-state index is 0.222. The number of phenols is 2. The molecule has 6 heteroatoms. The van der Waals surface area contributed by atoms with E-state index in [1.54, 1.807) is 0 Å². The summed E-state index contributed by atoms with van der Waals surface area (Å²) in [6.07, 6.45) is 1.79. The fourth-order valence-corrected chi connectivity index (χ4v) is 4.15. The fourth-order valence-electron chi connectivity index (χ4n) is 4.15. The minimum Gasteiger partial charge on any atom is -0.507 e. The predicted octanol–water partition coefficient (Wildman–Crippen LogP) is 5.44. The number of rotatable bonds is 0. The van der Waals surface area contributed by atoms with Gasteiger partial charge in [-0.25, -0.2) is 0 Å². The Labute approximate surface area is 202 Å². The molecule has 6 nitrogen and oxygen atoms in total. The van der Waals surface area contributed by atoms with E-state index in [0.717, 1.165) is 69.1 Å². The van der Waals surface area contributed by atoms with Gasteiger partial charge in [0.2, 0.25) is 0 Å². The van der Waals surface area contributed by atoms with E-state index in [1.165, 1.54) is 0 Å². The molecule has 2 aromatic carbocycles. The minimum absolute atomic E-state index is 0.222. The van der Waals surface area contributed by atoms with E-state index in [9.17, 15) is 10.2 Å². The molecule has 1 aliphatic rings. The topological polar surface area (TPSA) is 89.9 Å². The highest BCUT2D eigenvalue weighted by atomic mass is 16.3. The fraction of sp³-hybridized carbons (Fsp3) is 0.429. The molecule has 0 atom stereocenters. The molecule has 3 rings (SSSR count). The normalized spacial score (nSPS) is 16.2. The monoisotopic (exact) mass is 460 g/mol. The van der Waals surface area contributed by atoms with Crippen molar-refractivity contribution in [3.05, 3.63) is 57.6 Å². The molecule has 2 N–H and O–H groups in total. The van der Waals surface area contributed by atoms with Gasteiger partial charge in [-0.1, -0.05) is 0 Å². The molecule has 0 radical (unpaired) electrons. The quantitative estimate of drug-likeness (QED) is 0.548. The lowest BCUT2D eigenvalue weighted by Crippen LogP contribution is -2.07. The predicted molar refractivity (Wildman–Crippen MR) is 143 cm³/mol. The van der Waals surface area contributed by atoms with Gasteiger partial charge in [0.1, 0.15) is 11.5 Å². The van der Waals surface area contributed by atoms with Crippen LogP contribution in [0.25, 0.3) is 0 Å². The first-order valence-electron chi connectivity index (χ1n) is 11.9. The second-order valence-electron chi connectivity index (χ2n) is 8.99. The molecule has 1 aliphatic heterocycles. The summed E-state index contributed by atoms with van der Waals surface area (Å²) in [4.78, 5) is 18.7. The number of aliphatic imine (C=N–C) groups is 4. The van der Waals surface area contributed by atoms with Crippen LogP contribution in [0.1, 0.15) is 73.9 Å². The number of benzene rings is 2. The molecular formula is C28H36N4O2. The van der Waals surface area contributed by atoms with Crippen LogP contribution in [0.3, 0.4) is 0 Å². The van der Waals surface area contributed by atoms with Crippen LogP contribution in [-0.4, -0.2) is 59.2 Å². The largest absolute Gasteiger partial charge is 0.507 e. The maximum absolute atomic E-state index is 10.9. The summed E-state index contributed by atoms with van der Waals surface area (Å²) in [6.45, 7) is 14.0. The lowest BCUT2D eigenvalue weighted by Gasteiger charge is -2.13. The van der Waals surface area contributed by atoms with Crippen LogP contribution in [0.15, 0.2) is 44.2 Å². The van der Waals surface area contributed by atoms with E-state index >= 15 is 0 Å². The van der Waals surface area contributed by atoms with Crippen molar-refractivity contribution in [2.45, 2.75) is 54.4 Å². The average Bonchev–Trinajstić information content (AvgIpc) is 2.80. The van der Waals surface area contributed by atoms with Crippen molar-refractivity contribution in [2.24, 2.45) is 20.0 Å². The van der Waals surface area contributed by atoms with E-state index in [2.05, 4.69) is 9.98 Å². The Morgan fingerprint density at radius 3 is 1.03 bits per heavy atom. The average molecular weight is 461 g/mol. The van der Waals surface area contributed by atoms with Gasteiger partial charge in [0.25, 0.3) is 0 Å². The zero-order chi connectivity index (χ0) is 24.8. The number of hydrogen-bond acceptors (Lipinski definition) is 6. The SMILES string of the molecule is CC1=NCCCCN=C(C)c2cc(C)cc(c2O)C(C)=NCCN=C(C)c2cc(C)cc1c2O. The lowest BCUT2D eigenvalue weighted by atomic mass is 9.99. The molecular weight excluding hydrogens is 424 g/mol. The van der Waals surface area contributed by atoms with Crippen LogP contribution in [-0.2, 0) is 0 Å². The maximum atomic E-state index is 10.9. The molecule has 0 spiro atoms. The summed E-state index contributed by atoms with van der Waals surface area (Å²) in [7, 11) is 0. The second-order valence-corrected chi connectivity index (χ2v) is 8.99. The van der Waals surface area contributed by atoms with Gasteiger partial charge < -0.3 is 10.2 Å². The highest BCUT2D eigenvalue weighted by Gasteiger charge is 2.15. The smallest absolute Gasteiger partial charge is 0.133 e. The summed E-state index contributed by atoms with van der Waals surface area (Å²) in [6, 6.07) is 7.86. The van der Waals surface area contributed by atoms with E-state index in [-0.39, 0.29) is 11.5 Å². The Morgan fingerprint density at radius 2 is 0.735 bits per heavy atom. The first-order chi connectivity index (χ1) is 16.2. The summed E-state index contributed by atoms with van der Waals surface area (Å²) in [5.41, 5.74) is 8.25. The molecule has 0 unspecified atom stereocenters. The summed E-state index contributed by atoms with van der Waals surface area (Å²) in [5.74, 6) is 0.444. The van der Waals surface area contributed by atoms with E-state index in [0.29, 0.717) is 26.2 Å². The van der Waals surface area contributed by atoms with Gasteiger partial charge in [-0.2, -0.15) is 0 Å². The van der Waals surface area contributed by atoms with Gasteiger partial charge in [0.15, 0.2) is 0 Å². The molecule has 4 bridgehead atoms. The van der Waals surface area contributed by atoms with Crippen molar-refractivity contribution < 1.29 is 10.2 Å². The Hall–Kier alpha value is -3.28. The summed E-state index contributed by atoms with van der Waals surface area (Å²) < 4.78 is 0. The van der Waals surface area contributed by atoms with E-state index in [4.69, 9.17) is 9.98 Å². The van der Waals surface area contributed by atoms with Gasteiger partial charge in [0, 0.05) is 58.2 Å². The van der Waals surface area contributed by atoms with Gasteiger partial charge >= 0.3 is 0 Å².